The van der Waals surface area contributed by atoms with Crippen molar-refractivity contribution in [3.8, 4) is 67.6 Å². The van der Waals surface area contributed by atoms with Crippen LogP contribution in [-0.2, 0) is 0 Å². The molecule has 1 aliphatic heterocycles. The van der Waals surface area contributed by atoms with E-state index in [2.05, 4.69) is 51.3 Å². The summed E-state index contributed by atoms with van der Waals surface area (Å²) in [7, 11) is 6.32. The van der Waals surface area contributed by atoms with E-state index in [4.69, 9.17) is 33.4 Å². The van der Waals surface area contributed by atoms with Crippen LogP contribution >= 0.6 is 11.3 Å². The van der Waals surface area contributed by atoms with Crippen molar-refractivity contribution in [3.63, 3.8) is 0 Å². The minimum absolute atomic E-state index is 0.217. The molecule has 0 saturated carbocycles. The Morgan fingerprint density at radius 3 is 1.92 bits per heavy atom. The largest absolute Gasteiger partial charge is 0.494 e. The van der Waals surface area contributed by atoms with Gasteiger partial charge in [-0.15, -0.1) is 11.3 Å². The number of para-hydroxylation sites is 1. The zero-order chi connectivity index (χ0) is 42.6. The number of hydrogen-bond donors (Lipinski definition) is 0. The number of rotatable bonds is 21. The summed E-state index contributed by atoms with van der Waals surface area (Å²) in [4.78, 5) is 22.8. The van der Waals surface area contributed by atoms with Crippen molar-refractivity contribution in [3.05, 3.63) is 84.9 Å². The number of unbranched alkanes of at least 4 members (excludes halogenated alkanes) is 4. The zero-order valence-corrected chi connectivity index (χ0v) is 36.8. The summed E-state index contributed by atoms with van der Waals surface area (Å²) in [5.41, 5.74) is 4.87. The van der Waals surface area contributed by atoms with E-state index in [0.717, 1.165) is 111 Å². The summed E-state index contributed by atoms with van der Waals surface area (Å²) in [5.74, 6) is 3.43. The number of benzene rings is 4. The maximum absolute atomic E-state index is 12.8. The molecule has 0 spiro atoms. The second-order valence-electron chi connectivity index (χ2n) is 15.1. The average molecular weight is 848 g/mol. The van der Waals surface area contributed by atoms with Crippen molar-refractivity contribution in [2.24, 2.45) is 0 Å². The molecule has 61 heavy (non-hydrogen) atoms. The first-order valence-electron chi connectivity index (χ1n) is 21.1. The van der Waals surface area contributed by atoms with Crippen molar-refractivity contribution in [2.45, 2.75) is 45.4 Å². The van der Waals surface area contributed by atoms with Crippen LogP contribution < -0.4 is 28.4 Å². The molecule has 0 atom stereocenters. The number of thiazole rings is 1. The van der Waals surface area contributed by atoms with Gasteiger partial charge in [-0.1, -0.05) is 24.3 Å². The van der Waals surface area contributed by atoms with Crippen LogP contribution in [0.15, 0.2) is 84.9 Å². The Balaban J connectivity index is 0.801. The van der Waals surface area contributed by atoms with Crippen LogP contribution in [0, 0.1) is 0 Å². The summed E-state index contributed by atoms with van der Waals surface area (Å²) >= 11 is 1.72. The standard InChI is InChI=1S/C48H57N5O7S/c1-34(54)53-41(33-40(50-53)37-31-44(56-3)47(58-5)45(32-37)57-4)35-19-20-42(55-2)43(30-35)60-28-13-7-11-22-52-25-23-51(24-26-52)21-10-6-12-27-59-38-16-14-15-36(29-38)48-49-39-17-8-9-18-46(39)61-48/h8-9,14-20,29-33H,6-7,10-13,21-28H2,1-5H3. The number of methoxy groups -OCH3 is 4. The Bertz CT molecular complexity index is 2310. The monoisotopic (exact) mass is 847 g/mol. The van der Waals surface area contributed by atoms with Crippen LogP contribution in [-0.4, -0.2) is 111 Å². The summed E-state index contributed by atoms with van der Waals surface area (Å²) < 4.78 is 37.2. The molecule has 322 valence electrons. The number of fused-ring (bicyclic) bond motifs is 1. The van der Waals surface area contributed by atoms with Crippen LogP contribution in [0.3, 0.4) is 0 Å². The first-order chi connectivity index (χ1) is 29.9. The fraction of sp³-hybridized carbons (Fsp3) is 0.396. The van der Waals surface area contributed by atoms with E-state index in [1.807, 2.05) is 48.5 Å². The predicted molar refractivity (Wildman–Crippen MR) is 242 cm³/mol. The molecule has 6 aromatic rings. The quantitative estimate of drug-likeness (QED) is 0.0646. The van der Waals surface area contributed by atoms with Crippen molar-refractivity contribution < 1.29 is 33.2 Å². The van der Waals surface area contributed by atoms with Crippen molar-refractivity contribution >= 4 is 27.5 Å². The van der Waals surface area contributed by atoms with Gasteiger partial charge in [0, 0.05) is 49.8 Å². The number of carbonyl (C=O) groups is 1. The maximum Gasteiger partial charge on any atom is 0.244 e. The molecule has 12 nitrogen and oxygen atoms in total. The highest BCUT2D eigenvalue weighted by Crippen LogP contribution is 2.42. The van der Waals surface area contributed by atoms with Gasteiger partial charge in [0.05, 0.1) is 63.3 Å². The third kappa shape index (κ3) is 11.0. The van der Waals surface area contributed by atoms with Gasteiger partial charge in [0.1, 0.15) is 10.8 Å². The number of ether oxygens (including phenoxy) is 6. The van der Waals surface area contributed by atoms with Gasteiger partial charge in [-0.3, -0.25) is 4.79 Å². The van der Waals surface area contributed by atoms with Gasteiger partial charge < -0.3 is 38.2 Å². The molecule has 0 radical (unpaired) electrons. The fourth-order valence-corrected chi connectivity index (χ4v) is 8.66. The molecule has 1 aliphatic rings. The molecular formula is C48H57N5O7S. The summed E-state index contributed by atoms with van der Waals surface area (Å²) in [6.07, 6.45) is 6.55. The molecule has 0 bridgehead atoms. The molecule has 0 N–H and O–H groups in total. The Morgan fingerprint density at radius 2 is 1.28 bits per heavy atom. The lowest BCUT2D eigenvalue weighted by Crippen LogP contribution is -2.46. The third-order valence-corrected chi connectivity index (χ3v) is 12.1. The Hall–Kier alpha value is -5.63. The van der Waals surface area contributed by atoms with Gasteiger partial charge >= 0.3 is 0 Å². The van der Waals surface area contributed by atoms with Gasteiger partial charge in [0.15, 0.2) is 23.0 Å². The van der Waals surface area contributed by atoms with Gasteiger partial charge in [0.2, 0.25) is 11.7 Å². The first kappa shape index (κ1) is 43.5. The van der Waals surface area contributed by atoms with E-state index in [1.165, 1.54) is 22.7 Å². The minimum atomic E-state index is -0.217. The molecule has 7 rings (SSSR count). The molecule has 0 amide bonds. The lowest BCUT2D eigenvalue weighted by atomic mass is 10.1. The summed E-state index contributed by atoms with van der Waals surface area (Å²) in [6, 6.07) is 27.8. The smallest absolute Gasteiger partial charge is 0.244 e. The van der Waals surface area contributed by atoms with Crippen LogP contribution in [0.5, 0.6) is 34.5 Å². The fourth-order valence-electron chi connectivity index (χ4n) is 7.70. The Morgan fingerprint density at radius 1 is 0.623 bits per heavy atom. The van der Waals surface area contributed by atoms with E-state index in [-0.39, 0.29) is 5.91 Å². The number of nitrogens with zero attached hydrogens (tertiary/aromatic N) is 5. The highest BCUT2D eigenvalue weighted by Gasteiger charge is 2.21. The van der Waals surface area contributed by atoms with Crippen molar-refractivity contribution in [2.75, 3.05) is 80.9 Å². The second kappa shape index (κ2) is 21.2. The molecule has 1 saturated heterocycles. The summed E-state index contributed by atoms with van der Waals surface area (Å²) in [6.45, 7) is 9.53. The van der Waals surface area contributed by atoms with Crippen LogP contribution in [0.1, 0.15) is 50.2 Å². The molecule has 4 aromatic carbocycles. The van der Waals surface area contributed by atoms with E-state index in [0.29, 0.717) is 46.7 Å². The highest BCUT2D eigenvalue weighted by atomic mass is 32.1. The molecule has 2 aromatic heterocycles. The predicted octanol–water partition coefficient (Wildman–Crippen LogP) is 9.60. The number of aromatic nitrogens is 3. The van der Waals surface area contributed by atoms with Crippen molar-refractivity contribution in [1.82, 2.24) is 24.6 Å². The van der Waals surface area contributed by atoms with Crippen molar-refractivity contribution in [1.29, 1.82) is 0 Å². The van der Waals surface area contributed by atoms with E-state index in [1.54, 1.807) is 39.8 Å². The average Bonchev–Trinajstić information content (AvgIpc) is 3.95. The van der Waals surface area contributed by atoms with Crippen LogP contribution in [0.25, 0.3) is 43.3 Å². The van der Waals surface area contributed by atoms with E-state index < -0.39 is 0 Å². The summed E-state index contributed by atoms with van der Waals surface area (Å²) in [5, 5.41) is 5.68. The molecule has 3 heterocycles. The second-order valence-corrected chi connectivity index (χ2v) is 16.2. The molecule has 0 aliphatic carbocycles. The van der Waals surface area contributed by atoms with Crippen LogP contribution in [0.2, 0.25) is 0 Å². The normalized spacial score (nSPS) is 13.3. The lowest BCUT2D eigenvalue weighted by Gasteiger charge is -2.34. The third-order valence-electron chi connectivity index (χ3n) is 11.0. The van der Waals surface area contributed by atoms with Gasteiger partial charge in [-0.2, -0.15) is 9.78 Å². The lowest BCUT2D eigenvalue weighted by molar-refractivity contribution is 0.0923. The van der Waals surface area contributed by atoms with Gasteiger partial charge in [0.25, 0.3) is 0 Å². The minimum Gasteiger partial charge on any atom is -0.494 e. The van der Waals surface area contributed by atoms with Gasteiger partial charge in [-0.25, -0.2) is 4.98 Å². The Labute approximate surface area is 362 Å². The molecule has 0 unspecified atom stereocenters. The first-order valence-corrected chi connectivity index (χ1v) is 21.9. The topological polar surface area (TPSA) is 110 Å². The SMILES string of the molecule is COc1ccc(-c2cc(-c3cc(OC)c(OC)c(OC)c3)nn2C(C)=O)cc1OCCCCCN1CCN(CCCCCOc2cccc(-c3nc4ccccc4s3)c2)CC1. The molecule has 1 fully saturated rings. The number of carbonyl (C=O) groups excluding carboxylic acids is 1. The highest BCUT2D eigenvalue weighted by molar-refractivity contribution is 7.21. The zero-order valence-electron chi connectivity index (χ0n) is 36.0. The molecular weight excluding hydrogens is 791 g/mol. The maximum atomic E-state index is 12.8. The molecule has 13 heteroatoms. The van der Waals surface area contributed by atoms with E-state index >= 15 is 0 Å². The number of hydrogen-bond acceptors (Lipinski definition) is 12. The Kier molecular flexibility index (Phi) is 15.1. The van der Waals surface area contributed by atoms with Crippen LogP contribution in [0.4, 0.5) is 0 Å². The number of piperazine rings is 1. The van der Waals surface area contributed by atoms with Gasteiger partial charge in [-0.05, 0) is 112 Å². The van der Waals surface area contributed by atoms with E-state index in [9.17, 15) is 4.79 Å².